The lowest BCUT2D eigenvalue weighted by Crippen LogP contribution is -2.39. The lowest BCUT2D eigenvalue weighted by Gasteiger charge is -2.35. The van der Waals surface area contributed by atoms with Gasteiger partial charge in [-0.05, 0) is 12.8 Å². The summed E-state index contributed by atoms with van der Waals surface area (Å²) in [4.78, 5) is 3.94. The fourth-order valence-electron chi connectivity index (χ4n) is 2.40. The van der Waals surface area contributed by atoms with Crippen molar-refractivity contribution < 1.29 is 9.63 Å². The SMILES string of the molecule is OCC1(CNCc2ncon2)CCCCC1. The largest absolute Gasteiger partial charge is 0.396 e. The monoisotopic (exact) mass is 225 g/mol. The zero-order valence-electron chi connectivity index (χ0n) is 9.48. The molecular weight excluding hydrogens is 206 g/mol. The Balaban J connectivity index is 1.78. The highest BCUT2D eigenvalue weighted by Gasteiger charge is 2.30. The number of hydrogen-bond acceptors (Lipinski definition) is 5. The van der Waals surface area contributed by atoms with Crippen molar-refractivity contribution in [2.75, 3.05) is 13.2 Å². The number of rotatable bonds is 5. The molecule has 2 N–H and O–H groups in total. The second kappa shape index (κ2) is 5.41. The van der Waals surface area contributed by atoms with Crippen LogP contribution in [0.2, 0.25) is 0 Å². The van der Waals surface area contributed by atoms with Gasteiger partial charge in [-0.2, -0.15) is 4.98 Å². The van der Waals surface area contributed by atoms with Gasteiger partial charge in [-0.1, -0.05) is 24.4 Å². The minimum absolute atomic E-state index is 0.0714. The number of aromatic nitrogens is 2. The first-order valence-electron chi connectivity index (χ1n) is 5.91. The third-order valence-corrected chi connectivity index (χ3v) is 3.44. The lowest BCUT2D eigenvalue weighted by atomic mass is 9.74. The van der Waals surface area contributed by atoms with Gasteiger partial charge in [0.2, 0.25) is 6.39 Å². The molecule has 90 valence electrons. The molecular formula is C11H19N3O2. The summed E-state index contributed by atoms with van der Waals surface area (Å²) in [5.74, 6) is 0.670. The minimum atomic E-state index is 0.0714. The van der Waals surface area contributed by atoms with Crippen LogP contribution in [0, 0.1) is 5.41 Å². The molecule has 0 unspecified atom stereocenters. The van der Waals surface area contributed by atoms with Crippen LogP contribution >= 0.6 is 0 Å². The third-order valence-electron chi connectivity index (χ3n) is 3.44. The highest BCUT2D eigenvalue weighted by Crippen LogP contribution is 2.35. The van der Waals surface area contributed by atoms with Crippen LogP contribution in [-0.4, -0.2) is 28.4 Å². The van der Waals surface area contributed by atoms with Gasteiger partial charge >= 0.3 is 0 Å². The summed E-state index contributed by atoms with van der Waals surface area (Å²) < 4.78 is 4.66. The molecule has 0 bridgehead atoms. The molecule has 5 heteroatoms. The molecule has 1 aromatic heterocycles. The molecule has 0 radical (unpaired) electrons. The molecule has 16 heavy (non-hydrogen) atoms. The van der Waals surface area contributed by atoms with E-state index >= 15 is 0 Å². The molecule has 0 saturated heterocycles. The highest BCUT2D eigenvalue weighted by molar-refractivity contribution is 4.85. The Bertz CT molecular complexity index is 294. The smallest absolute Gasteiger partial charge is 0.213 e. The van der Waals surface area contributed by atoms with Crippen LogP contribution < -0.4 is 5.32 Å². The van der Waals surface area contributed by atoms with Gasteiger partial charge in [-0.25, -0.2) is 0 Å². The molecule has 5 nitrogen and oxygen atoms in total. The van der Waals surface area contributed by atoms with Gasteiger partial charge < -0.3 is 14.9 Å². The Morgan fingerprint density at radius 3 is 2.81 bits per heavy atom. The second-order valence-electron chi connectivity index (χ2n) is 4.67. The Hall–Kier alpha value is -0.940. The molecule has 1 aromatic rings. The van der Waals surface area contributed by atoms with Crippen molar-refractivity contribution >= 4 is 0 Å². The molecule has 0 aliphatic heterocycles. The van der Waals surface area contributed by atoms with E-state index in [4.69, 9.17) is 0 Å². The second-order valence-corrected chi connectivity index (χ2v) is 4.67. The number of nitrogens with zero attached hydrogens (tertiary/aromatic N) is 2. The maximum atomic E-state index is 9.51. The summed E-state index contributed by atoms with van der Waals surface area (Å²) in [6.07, 6.45) is 7.31. The van der Waals surface area contributed by atoms with Crippen molar-refractivity contribution in [1.29, 1.82) is 0 Å². The van der Waals surface area contributed by atoms with E-state index in [0.29, 0.717) is 12.4 Å². The Kier molecular flexibility index (Phi) is 3.90. The zero-order valence-corrected chi connectivity index (χ0v) is 9.48. The van der Waals surface area contributed by atoms with Gasteiger partial charge in [0.05, 0.1) is 6.54 Å². The molecule has 0 amide bonds. The molecule has 0 aromatic carbocycles. The average Bonchev–Trinajstić information content (AvgIpc) is 2.83. The molecule has 1 heterocycles. The maximum absolute atomic E-state index is 9.51. The van der Waals surface area contributed by atoms with E-state index in [-0.39, 0.29) is 12.0 Å². The van der Waals surface area contributed by atoms with E-state index in [9.17, 15) is 5.11 Å². The Morgan fingerprint density at radius 2 is 2.19 bits per heavy atom. The number of aliphatic hydroxyl groups excluding tert-OH is 1. The van der Waals surface area contributed by atoms with Crippen LogP contribution in [0.5, 0.6) is 0 Å². The predicted octanol–water partition coefficient (Wildman–Crippen LogP) is 1.10. The Morgan fingerprint density at radius 1 is 1.38 bits per heavy atom. The zero-order chi connectivity index (χ0) is 11.3. The first kappa shape index (κ1) is 11.5. The molecule has 1 saturated carbocycles. The van der Waals surface area contributed by atoms with E-state index in [2.05, 4.69) is 20.0 Å². The van der Waals surface area contributed by atoms with E-state index in [1.807, 2.05) is 0 Å². The average molecular weight is 225 g/mol. The predicted molar refractivity (Wildman–Crippen MR) is 58.6 cm³/mol. The van der Waals surface area contributed by atoms with Gasteiger partial charge in [0.25, 0.3) is 0 Å². The number of hydrogen-bond donors (Lipinski definition) is 2. The molecule has 1 aliphatic carbocycles. The van der Waals surface area contributed by atoms with Crippen molar-refractivity contribution in [3.63, 3.8) is 0 Å². The van der Waals surface area contributed by atoms with Gasteiger partial charge in [0.1, 0.15) is 0 Å². The van der Waals surface area contributed by atoms with E-state index in [1.54, 1.807) is 0 Å². The molecule has 1 aliphatic rings. The fourth-order valence-corrected chi connectivity index (χ4v) is 2.40. The van der Waals surface area contributed by atoms with Crippen molar-refractivity contribution in [1.82, 2.24) is 15.5 Å². The van der Waals surface area contributed by atoms with Crippen molar-refractivity contribution in [2.45, 2.75) is 38.6 Å². The number of nitrogens with one attached hydrogen (secondary N) is 1. The molecule has 0 spiro atoms. The topological polar surface area (TPSA) is 71.2 Å². The fraction of sp³-hybridized carbons (Fsp3) is 0.818. The standard InChI is InChI=1S/C11H19N3O2/c15-8-11(4-2-1-3-5-11)7-12-6-10-13-9-16-14-10/h9,12,15H,1-8H2. The van der Waals surface area contributed by atoms with Crippen LogP contribution in [0.1, 0.15) is 37.9 Å². The van der Waals surface area contributed by atoms with Gasteiger partial charge in [-0.3, -0.25) is 0 Å². The lowest BCUT2D eigenvalue weighted by molar-refractivity contribution is 0.0808. The van der Waals surface area contributed by atoms with Crippen LogP contribution in [-0.2, 0) is 6.54 Å². The summed E-state index contributed by atoms with van der Waals surface area (Å²) >= 11 is 0. The van der Waals surface area contributed by atoms with Crippen molar-refractivity contribution in [3.05, 3.63) is 12.2 Å². The summed E-state index contributed by atoms with van der Waals surface area (Å²) in [6.45, 7) is 1.71. The molecule has 1 fully saturated rings. The maximum Gasteiger partial charge on any atom is 0.213 e. The Labute approximate surface area is 95.2 Å². The number of aliphatic hydroxyl groups is 1. The van der Waals surface area contributed by atoms with E-state index in [0.717, 1.165) is 19.4 Å². The van der Waals surface area contributed by atoms with Gasteiger partial charge in [0, 0.05) is 18.6 Å². The first-order valence-corrected chi connectivity index (χ1v) is 5.91. The van der Waals surface area contributed by atoms with E-state index < -0.39 is 0 Å². The van der Waals surface area contributed by atoms with Crippen molar-refractivity contribution in [3.8, 4) is 0 Å². The normalized spacial score (nSPS) is 19.8. The quantitative estimate of drug-likeness (QED) is 0.785. The first-order chi connectivity index (χ1) is 7.85. The summed E-state index contributed by atoms with van der Waals surface area (Å²) in [7, 11) is 0. The van der Waals surface area contributed by atoms with Crippen molar-refractivity contribution in [2.24, 2.45) is 5.41 Å². The summed E-state index contributed by atoms with van der Waals surface area (Å²) in [5, 5.41) is 16.5. The van der Waals surface area contributed by atoms with Crippen LogP contribution in [0.15, 0.2) is 10.9 Å². The molecule has 2 rings (SSSR count). The van der Waals surface area contributed by atoms with Crippen LogP contribution in [0.3, 0.4) is 0 Å². The third kappa shape index (κ3) is 2.80. The van der Waals surface area contributed by atoms with Gasteiger partial charge in [0.15, 0.2) is 5.82 Å². The van der Waals surface area contributed by atoms with E-state index in [1.165, 1.54) is 25.7 Å². The summed E-state index contributed by atoms with van der Waals surface area (Å²) in [5.41, 5.74) is 0.0714. The highest BCUT2D eigenvalue weighted by atomic mass is 16.5. The molecule has 0 atom stereocenters. The van der Waals surface area contributed by atoms with Gasteiger partial charge in [-0.15, -0.1) is 0 Å². The summed E-state index contributed by atoms with van der Waals surface area (Å²) in [6, 6.07) is 0. The minimum Gasteiger partial charge on any atom is -0.396 e. The van der Waals surface area contributed by atoms with Crippen LogP contribution in [0.25, 0.3) is 0 Å². The van der Waals surface area contributed by atoms with Crippen LogP contribution in [0.4, 0.5) is 0 Å².